The Labute approximate surface area is 337 Å². The SMILES string of the molecule is CCCCCCCCCCCCCCC(=O)NCCCNCCCNCCCCNCCCNCCCNC(=O)CCCCCCCCCCCCCC. The molecule has 0 unspecified atom stereocenters. The van der Waals surface area contributed by atoms with Gasteiger partial charge in [0.2, 0.25) is 11.8 Å². The lowest BCUT2D eigenvalue weighted by Gasteiger charge is -2.09. The highest BCUT2D eigenvalue weighted by Crippen LogP contribution is 2.13. The van der Waals surface area contributed by atoms with E-state index in [0.717, 1.165) is 104 Å². The van der Waals surface area contributed by atoms with Gasteiger partial charge in [-0.05, 0) is 104 Å². The lowest BCUT2D eigenvalue weighted by molar-refractivity contribution is -0.122. The zero-order chi connectivity index (χ0) is 39.1. The minimum atomic E-state index is 0.225. The van der Waals surface area contributed by atoms with Crippen LogP contribution in [0.3, 0.4) is 0 Å². The van der Waals surface area contributed by atoms with E-state index < -0.39 is 0 Å². The van der Waals surface area contributed by atoms with Gasteiger partial charge in [-0.3, -0.25) is 9.59 Å². The Hall–Kier alpha value is -1.22. The number of rotatable bonds is 47. The highest BCUT2D eigenvalue weighted by molar-refractivity contribution is 5.76. The molecular weight excluding hydrogens is 669 g/mol. The molecule has 8 heteroatoms. The standard InChI is InChI=1S/C46H96N6O2/c1-3-5-7-9-11-13-15-17-19-21-23-25-33-45(53)51-43-31-41-49-39-29-37-47-35-27-28-36-48-38-30-40-50-42-32-44-52-46(54)34-26-24-22-20-18-16-14-12-10-8-6-4-2/h47-50H,3-44H2,1-2H3,(H,51,53)(H,52,54). The van der Waals surface area contributed by atoms with Gasteiger partial charge in [0, 0.05) is 25.9 Å². The average Bonchev–Trinajstić information content (AvgIpc) is 3.17. The Morgan fingerprint density at radius 2 is 0.481 bits per heavy atom. The third-order valence-corrected chi connectivity index (χ3v) is 10.6. The van der Waals surface area contributed by atoms with Gasteiger partial charge in [-0.15, -0.1) is 0 Å². The summed E-state index contributed by atoms with van der Waals surface area (Å²) in [7, 11) is 0. The summed E-state index contributed by atoms with van der Waals surface area (Å²) < 4.78 is 0. The second kappa shape index (κ2) is 47.9. The smallest absolute Gasteiger partial charge is 0.219 e. The highest BCUT2D eigenvalue weighted by Gasteiger charge is 2.02. The van der Waals surface area contributed by atoms with Crippen LogP contribution >= 0.6 is 0 Å². The van der Waals surface area contributed by atoms with Crippen LogP contribution < -0.4 is 31.9 Å². The molecule has 8 nitrogen and oxygen atoms in total. The molecule has 0 aromatic carbocycles. The zero-order valence-corrected chi connectivity index (χ0v) is 36.5. The molecule has 0 aromatic heterocycles. The first-order chi connectivity index (χ1) is 26.7. The molecule has 322 valence electrons. The van der Waals surface area contributed by atoms with Gasteiger partial charge >= 0.3 is 0 Å². The summed E-state index contributed by atoms with van der Waals surface area (Å²) in [5.41, 5.74) is 0. The van der Waals surface area contributed by atoms with Crippen LogP contribution in [0.15, 0.2) is 0 Å². The van der Waals surface area contributed by atoms with Crippen molar-refractivity contribution in [2.45, 2.75) is 219 Å². The van der Waals surface area contributed by atoms with Gasteiger partial charge in [-0.2, -0.15) is 0 Å². The first kappa shape index (κ1) is 52.8. The van der Waals surface area contributed by atoms with Crippen molar-refractivity contribution >= 4 is 11.8 Å². The van der Waals surface area contributed by atoms with Gasteiger partial charge in [0.1, 0.15) is 0 Å². The predicted molar refractivity (Wildman–Crippen MR) is 237 cm³/mol. The van der Waals surface area contributed by atoms with Crippen molar-refractivity contribution in [3.63, 3.8) is 0 Å². The Morgan fingerprint density at radius 1 is 0.259 bits per heavy atom. The van der Waals surface area contributed by atoms with Crippen LogP contribution in [0.1, 0.15) is 219 Å². The fourth-order valence-electron chi connectivity index (χ4n) is 6.99. The summed E-state index contributed by atoms with van der Waals surface area (Å²) in [6.07, 6.45) is 40.0. The monoisotopic (exact) mass is 765 g/mol. The maximum atomic E-state index is 12.1. The zero-order valence-electron chi connectivity index (χ0n) is 36.5. The van der Waals surface area contributed by atoms with Crippen molar-refractivity contribution in [2.75, 3.05) is 65.4 Å². The molecule has 0 atom stereocenters. The van der Waals surface area contributed by atoms with E-state index in [1.54, 1.807) is 0 Å². The minimum Gasteiger partial charge on any atom is -0.356 e. The lowest BCUT2D eigenvalue weighted by Crippen LogP contribution is -2.28. The van der Waals surface area contributed by atoms with Crippen LogP contribution in [-0.2, 0) is 9.59 Å². The van der Waals surface area contributed by atoms with Crippen LogP contribution in [0.5, 0.6) is 0 Å². The lowest BCUT2D eigenvalue weighted by atomic mass is 10.0. The largest absolute Gasteiger partial charge is 0.356 e. The van der Waals surface area contributed by atoms with Crippen LogP contribution in [0, 0.1) is 0 Å². The minimum absolute atomic E-state index is 0.225. The van der Waals surface area contributed by atoms with Gasteiger partial charge in [0.15, 0.2) is 0 Å². The molecule has 0 spiro atoms. The van der Waals surface area contributed by atoms with Crippen molar-refractivity contribution < 1.29 is 9.59 Å². The maximum absolute atomic E-state index is 12.1. The molecule has 0 aliphatic rings. The number of hydrogen-bond acceptors (Lipinski definition) is 6. The third-order valence-electron chi connectivity index (χ3n) is 10.6. The average molecular weight is 765 g/mol. The topological polar surface area (TPSA) is 106 Å². The Bertz CT molecular complexity index is 680. The molecular formula is C46H96N6O2. The molecule has 0 saturated carbocycles. The van der Waals surface area contributed by atoms with Gasteiger partial charge in [-0.25, -0.2) is 0 Å². The first-order valence-electron chi connectivity index (χ1n) is 24.1. The molecule has 0 aliphatic carbocycles. The number of carbonyl (C=O) groups excluding carboxylic acids is 2. The summed E-state index contributed by atoms with van der Waals surface area (Å²) in [5.74, 6) is 0.450. The summed E-state index contributed by atoms with van der Waals surface area (Å²) in [6.45, 7) is 14.4. The van der Waals surface area contributed by atoms with Crippen molar-refractivity contribution in [2.24, 2.45) is 0 Å². The van der Waals surface area contributed by atoms with Crippen molar-refractivity contribution in [3.05, 3.63) is 0 Å². The van der Waals surface area contributed by atoms with Crippen LogP contribution in [-0.4, -0.2) is 77.3 Å². The van der Waals surface area contributed by atoms with E-state index in [2.05, 4.69) is 45.7 Å². The fourth-order valence-corrected chi connectivity index (χ4v) is 6.99. The summed E-state index contributed by atoms with van der Waals surface area (Å²) in [6, 6.07) is 0. The van der Waals surface area contributed by atoms with E-state index in [4.69, 9.17) is 0 Å². The number of carbonyl (C=O) groups is 2. The quantitative estimate of drug-likeness (QED) is 0.0345. The molecule has 6 N–H and O–H groups in total. The predicted octanol–water partition coefficient (Wildman–Crippen LogP) is 10.1. The molecule has 0 aromatic rings. The number of unbranched alkanes of at least 4 members (excludes halogenated alkanes) is 23. The molecule has 0 radical (unpaired) electrons. The van der Waals surface area contributed by atoms with Crippen molar-refractivity contribution in [1.82, 2.24) is 31.9 Å². The van der Waals surface area contributed by atoms with Crippen LogP contribution in [0.25, 0.3) is 0 Å². The normalized spacial score (nSPS) is 11.4. The summed E-state index contributed by atoms with van der Waals surface area (Å²) >= 11 is 0. The summed E-state index contributed by atoms with van der Waals surface area (Å²) in [5, 5.41) is 20.3. The molecule has 0 fully saturated rings. The first-order valence-corrected chi connectivity index (χ1v) is 24.1. The van der Waals surface area contributed by atoms with E-state index in [1.807, 2.05) is 0 Å². The number of hydrogen-bond donors (Lipinski definition) is 6. The molecule has 0 rings (SSSR count). The van der Waals surface area contributed by atoms with Crippen LogP contribution in [0.2, 0.25) is 0 Å². The highest BCUT2D eigenvalue weighted by atomic mass is 16.2. The third kappa shape index (κ3) is 46.9. The van der Waals surface area contributed by atoms with E-state index >= 15 is 0 Å². The van der Waals surface area contributed by atoms with Gasteiger partial charge in [-0.1, -0.05) is 155 Å². The Kier molecular flexibility index (Phi) is 46.8. The number of amides is 2. The molecule has 0 saturated heterocycles. The molecule has 0 aliphatic heterocycles. The van der Waals surface area contributed by atoms with Gasteiger partial charge < -0.3 is 31.9 Å². The molecule has 2 amide bonds. The molecule has 0 bridgehead atoms. The summed E-state index contributed by atoms with van der Waals surface area (Å²) in [4.78, 5) is 24.1. The van der Waals surface area contributed by atoms with Crippen molar-refractivity contribution in [1.29, 1.82) is 0 Å². The molecule has 0 heterocycles. The molecule has 54 heavy (non-hydrogen) atoms. The van der Waals surface area contributed by atoms with Crippen molar-refractivity contribution in [3.8, 4) is 0 Å². The Morgan fingerprint density at radius 3 is 0.759 bits per heavy atom. The van der Waals surface area contributed by atoms with Gasteiger partial charge in [0.25, 0.3) is 0 Å². The van der Waals surface area contributed by atoms with E-state index in [9.17, 15) is 9.59 Å². The second-order valence-corrected chi connectivity index (χ2v) is 16.1. The van der Waals surface area contributed by atoms with E-state index in [-0.39, 0.29) is 11.8 Å². The van der Waals surface area contributed by atoms with Crippen LogP contribution in [0.4, 0.5) is 0 Å². The number of nitrogens with one attached hydrogen (secondary N) is 6. The second-order valence-electron chi connectivity index (χ2n) is 16.1. The van der Waals surface area contributed by atoms with E-state index in [0.29, 0.717) is 12.8 Å². The Balaban J connectivity index is 3.18. The maximum Gasteiger partial charge on any atom is 0.219 e. The fraction of sp³-hybridized carbons (Fsp3) is 0.957. The van der Waals surface area contributed by atoms with Gasteiger partial charge in [0.05, 0.1) is 0 Å². The van der Waals surface area contributed by atoms with E-state index in [1.165, 1.54) is 154 Å².